The minimum Gasteiger partial charge on any atom is -0.494 e. The summed E-state index contributed by atoms with van der Waals surface area (Å²) in [6.45, 7) is 3.06. The molecule has 1 N–H and O–H groups in total. The molecule has 1 aromatic carbocycles. The quantitative estimate of drug-likeness (QED) is 0.884. The van der Waals surface area contributed by atoms with Gasteiger partial charge < -0.3 is 19.2 Å². The van der Waals surface area contributed by atoms with Crippen molar-refractivity contribution in [3.63, 3.8) is 0 Å². The topological polar surface area (TPSA) is 33.2 Å². The van der Waals surface area contributed by atoms with E-state index in [0.717, 1.165) is 30.7 Å². The number of benzene rings is 1. The fraction of sp³-hybridized carbons (Fsp3) is 0.500. The minimum atomic E-state index is -0.371. The van der Waals surface area contributed by atoms with E-state index in [4.69, 9.17) is 17.0 Å². The molecule has 1 fully saturated rings. The standard InChI is InChI=1S/C14H18FN3OS/c1-17-4-3-9(7-17)8-18-12-6-13(19-2)10(15)5-11(12)16-14(18)20/h5-6,9H,3-4,7-8H2,1-2H3,(H,16,20). The summed E-state index contributed by atoms with van der Waals surface area (Å²) < 4.78 is 21.5. The molecule has 20 heavy (non-hydrogen) atoms. The number of imidazole rings is 1. The van der Waals surface area contributed by atoms with Gasteiger partial charge in [-0.25, -0.2) is 4.39 Å². The van der Waals surface area contributed by atoms with Crippen LogP contribution < -0.4 is 4.74 Å². The first-order valence-corrected chi connectivity index (χ1v) is 7.14. The number of aromatic amines is 1. The number of rotatable bonds is 3. The van der Waals surface area contributed by atoms with Gasteiger partial charge in [-0.3, -0.25) is 0 Å². The summed E-state index contributed by atoms with van der Waals surface area (Å²) in [6, 6.07) is 3.16. The average molecular weight is 295 g/mol. The van der Waals surface area contributed by atoms with Gasteiger partial charge in [-0.2, -0.15) is 0 Å². The van der Waals surface area contributed by atoms with Gasteiger partial charge in [-0.05, 0) is 38.1 Å². The molecule has 1 unspecified atom stereocenters. The van der Waals surface area contributed by atoms with Gasteiger partial charge in [-0.1, -0.05) is 0 Å². The molecular weight excluding hydrogens is 277 g/mol. The zero-order valence-corrected chi connectivity index (χ0v) is 12.5. The second-order valence-electron chi connectivity index (χ2n) is 5.46. The minimum absolute atomic E-state index is 0.254. The molecule has 1 aromatic heterocycles. The molecule has 6 heteroatoms. The number of nitrogens with one attached hydrogen (secondary N) is 1. The van der Waals surface area contributed by atoms with E-state index in [1.165, 1.54) is 19.6 Å². The van der Waals surface area contributed by atoms with E-state index in [9.17, 15) is 4.39 Å². The lowest BCUT2D eigenvalue weighted by Crippen LogP contribution is -2.17. The van der Waals surface area contributed by atoms with Crippen LogP contribution >= 0.6 is 12.2 Å². The van der Waals surface area contributed by atoms with Crippen molar-refractivity contribution in [2.45, 2.75) is 13.0 Å². The summed E-state index contributed by atoms with van der Waals surface area (Å²) >= 11 is 5.37. The first-order valence-electron chi connectivity index (χ1n) is 6.73. The van der Waals surface area contributed by atoms with Crippen molar-refractivity contribution in [1.82, 2.24) is 14.5 Å². The van der Waals surface area contributed by atoms with E-state index in [2.05, 4.69) is 21.5 Å². The number of methoxy groups -OCH3 is 1. The third-order valence-corrected chi connectivity index (χ3v) is 4.30. The number of halogens is 1. The number of nitrogens with zero attached hydrogens (tertiary/aromatic N) is 2. The lowest BCUT2D eigenvalue weighted by atomic mass is 10.1. The molecule has 4 nitrogen and oxygen atoms in total. The van der Waals surface area contributed by atoms with Crippen LogP contribution in [0.15, 0.2) is 12.1 Å². The van der Waals surface area contributed by atoms with E-state index in [1.807, 2.05) is 0 Å². The zero-order chi connectivity index (χ0) is 14.3. The van der Waals surface area contributed by atoms with Crippen LogP contribution in [0, 0.1) is 16.5 Å². The monoisotopic (exact) mass is 295 g/mol. The van der Waals surface area contributed by atoms with Crippen molar-refractivity contribution in [3.05, 3.63) is 22.7 Å². The maximum atomic E-state index is 13.7. The van der Waals surface area contributed by atoms with Crippen LogP contribution in [0.3, 0.4) is 0 Å². The van der Waals surface area contributed by atoms with Gasteiger partial charge in [0.1, 0.15) is 0 Å². The van der Waals surface area contributed by atoms with Crippen LogP contribution in [0.4, 0.5) is 4.39 Å². The molecule has 2 aromatic rings. The Morgan fingerprint density at radius 2 is 2.30 bits per heavy atom. The summed E-state index contributed by atoms with van der Waals surface area (Å²) in [5, 5.41) is 0. The highest BCUT2D eigenvalue weighted by molar-refractivity contribution is 7.71. The van der Waals surface area contributed by atoms with Gasteiger partial charge in [0.2, 0.25) is 0 Å². The highest BCUT2D eigenvalue weighted by Gasteiger charge is 2.21. The highest BCUT2D eigenvalue weighted by atomic mass is 32.1. The second-order valence-corrected chi connectivity index (χ2v) is 5.85. The molecule has 1 aliphatic rings. The van der Waals surface area contributed by atoms with E-state index < -0.39 is 0 Å². The largest absolute Gasteiger partial charge is 0.494 e. The Morgan fingerprint density at radius 1 is 1.50 bits per heavy atom. The van der Waals surface area contributed by atoms with Crippen molar-refractivity contribution < 1.29 is 9.13 Å². The molecule has 3 rings (SSSR count). The van der Waals surface area contributed by atoms with Gasteiger partial charge in [-0.15, -0.1) is 0 Å². The molecule has 0 bridgehead atoms. The van der Waals surface area contributed by atoms with Crippen molar-refractivity contribution in [2.75, 3.05) is 27.2 Å². The molecule has 1 aliphatic heterocycles. The number of H-pyrrole nitrogens is 1. The van der Waals surface area contributed by atoms with Gasteiger partial charge in [0.05, 0.1) is 18.1 Å². The molecule has 2 heterocycles. The Balaban J connectivity index is 2.01. The normalized spacial score (nSPS) is 19.9. The van der Waals surface area contributed by atoms with Crippen LogP contribution in [0.5, 0.6) is 5.75 Å². The number of ether oxygens (including phenoxy) is 1. The summed E-state index contributed by atoms with van der Waals surface area (Å²) in [4.78, 5) is 5.40. The molecule has 0 saturated carbocycles. The van der Waals surface area contributed by atoms with E-state index >= 15 is 0 Å². The van der Waals surface area contributed by atoms with Crippen molar-refractivity contribution in [1.29, 1.82) is 0 Å². The predicted octanol–water partition coefficient (Wildman–Crippen LogP) is 2.80. The lowest BCUT2D eigenvalue weighted by Gasteiger charge is -2.12. The highest BCUT2D eigenvalue weighted by Crippen LogP contribution is 2.26. The van der Waals surface area contributed by atoms with Crippen LogP contribution in [-0.2, 0) is 6.54 Å². The molecule has 1 atom stereocenters. The van der Waals surface area contributed by atoms with Crippen LogP contribution in [-0.4, -0.2) is 41.7 Å². The maximum absolute atomic E-state index is 13.7. The predicted molar refractivity (Wildman–Crippen MR) is 79.2 cm³/mol. The van der Waals surface area contributed by atoms with E-state index in [-0.39, 0.29) is 11.6 Å². The Hall–Kier alpha value is -1.40. The molecule has 0 radical (unpaired) electrons. The number of likely N-dealkylation sites (tertiary alicyclic amines) is 1. The maximum Gasteiger partial charge on any atom is 0.178 e. The molecule has 108 valence electrons. The number of fused-ring (bicyclic) bond motifs is 1. The Kier molecular flexibility index (Phi) is 3.52. The van der Waals surface area contributed by atoms with Crippen LogP contribution in [0.2, 0.25) is 0 Å². The molecule has 0 aliphatic carbocycles. The first kappa shape index (κ1) is 13.6. The van der Waals surface area contributed by atoms with Gasteiger partial charge in [0.25, 0.3) is 0 Å². The number of hydrogen-bond donors (Lipinski definition) is 1. The number of hydrogen-bond acceptors (Lipinski definition) is 3. The van der Waals surface area contributed by atoms with E-state index in [1.54, 1.807) is 6.07 Å². The van der Waals surface area contributed by atoms with E-state index in [0.29, 0.717) is 10.7 Å². The van der Waals surface area contributed by atoms with Gasteiger partial charge in [0, 0.05) is 25.2 Å². The Bertz CT molecular complexity index is 694. The summed E-state index contributed by atoms with van der Waals surface area (Å²) in [5.74, 6) is 0.467. The second kappa shape index (κ2) is 5.18. The molecule has 1 saturated heterocycles. The van der Waals surface area contributed by atoms with Crippen molar-refractivity contribution >= 4 is 23.3 Å². The smallest absolute Gasteiger partial charge is 0.178 e. The average Bonchev–Trinajstić information content (AvgIpc) is 2.94. The van der Waals surface area contributed by atoms with Crippen LogP contribution in [0.25, 0.3) is 11.0 Å². The fourth-order valence-electron chi connectivity index (χ4n) is 2.93. The number of aromatic nitrogens is 2. The van der Waals surface area contributed by atoms with Crippen molar-refractivity contribution in [3.8, 4) is 5.75 Å². The Morgan fingerprint density at radius 3 is 2.95 bits per heavy atom. The molecular formula is C14H18FN3OS. The summed E-state index contributed by atoms with van der Waals surface area (Å²) in [6.07, 6.45) is 1.17. The van der Waals surface area contributed by atoms with Crippen molar-refractivity contribution in [2.24, 2.45) is 5.92 Å². The third kappa shape index (κ3) is 2.33. The zero-order valence-electron chi connectivity index (χ0n) is 11.6. The SMILES string of the molecule is COc1cc2c(cc1F)[nH]c(=S)n2CC1CCN(C)C1. The first-order chi connectivity index (χ1) is 9.58. The Labute approximate surface area is 122 Å². The van der Waals surface area contributed by atoms with Gasteiger partial charge in [0.15, 0.2) is 16.3 Å². The lowest BCUT2D eigenvalue weighted by molar-refractivity contribution is 0.378. The van der Waals surface area contributed by atoms with Gasteiger partial charge >= 0.3 is 0 Å². The summed E-state index contributed by atoms with van der Waals surface area (Å²) in [5.41, 5.74) is 1.63. The molecule has 0 spiro atoms. The fourth-order valence-corrected chi connectivity index (χ4v) is 3.21. The third-order valence-electron chi connectivity index (χ3n) is 3.98. The summed E-state index contributed by atoms with van der Waals surface area (Å²) in [7, 11) is 3.61. The van der Waals surface area contributed by atoms with Crippen LogP contribution in [0.1, 0.15) is 6.42 Å². The molecule has 0 amide bonds.